The lowest BCUT2D eigenvalue weighted by Crippen LogP contribution is -2.21. The van der Waals surface area contributed by atoms with Crippen molar-refractivity contribution in [3.63, 3.8) is 0 Å². The second-order valence-electron chi connectivity index (χ2n) is 6.20. The first kappa shape index (κ1) is 19.3. The Labute approximate surface area is 153 Å². The predicted octanol–water partition coefficient (Wildman–Crippen LogP) is 3.56. The molecular formula is C20H24N2O4. The number of benzene rings is 2. The van der Waals surface area contributed by atoms with Gasteiger partial charge in [-0.25, -0.2) is 4.79 Å². The average Bonchev–Trinajstić information content (AvgIpc) is 2.65. The number of hydrogen-bond acceptors (Lipinski definition) is 5. The molecule has 0 atom stereocenters. The van der Waals surface area contributed by atoms with E-state index in [1.807, 2.05) is 12.1 Å². The van der Waals surface area contributed by atoms with Gasteiger partial charge >= 0.3 is 5.97 Å². The van der Waals surface area contributed by atoms with Crippen LogP contribution in [0.3, 0.4) is 0 Å². The topological polar surface area (TPSA) is 76.7 Å². The molecular weight excluding hydrogens is 332 g/mol. The quantitative estimate of drug-likeness (QED) is 0.707. The highest BCUT2D eigenvalue weighted by Crippen LogP contribution is 2.16. The van der Waals surface area contributed by atoms with E-state index in [-0.39, 0.29) is 12.5 Å². The van der Waals surface area contributed by atoms with Gasteiger partial charge in [0.25, 0.3) is 0 Å². The standard InChI is InChI=1S/C20H24N2O4/c1-14(2)13-26-18-10-8-17(9-11-18)22-19(23)12-21-16-6-4-15(5-7-16)20(24)25-3/h4-11,14,21H,12-13H2,1-3H3,(H,22,23). The van der Waals surface area contributed by atoms with E-state index in [2.05, 4.69) is 29.2 Å². The first-order valence-electron chi connectivity index (χ1n) is 8.43. The Kier molecular flexibility index (Phi) is 7.02. The summed E-state index contributed by atoms with van der Waals surface area (Å²) in [6.07, 6.45) is 0. The van der Waals surface area contributed by atoms with E-state index >= 15 is 0 Å². The van der Waals surface area contributed by atoms with E-state index in [0.29, 0.717) is 23.8 Å². The van der Waals surface area contributed by atoms with E-state index < -0.39 is 5.97 Å². The van der Waals surface area contributed by atoms with Gasteiger partial charge in [0.1, 0.15) is 5.75 Å². The highest BCUT2D eigenvalue weighted by molar-refractivity contribution is 5.94. The lowest BCUT2D eigenvalue weighted by atomic mass is 10.2. The minimum Gasteiger partial charge on any atom is -0.493 e. The molecule has 2 rings (SSSR count). The van der Waals surface area contributed by atoms with Crippen molar-refractivity contribution in [1.29, 1.82) is 0 Å². The summed E-state index contributed by atoms with van der Waals surface area (Å²) in [7, 11) is 1.34. The molecule has 0 saturated heterocycles. The van der Waals surface area contributed by atoms with Crippen molar-refractivity contribution in [3.8, 4) is 5.75 Å². The van der Waals surface area contributed by atoms with Crippen LogP contribution in [0, 0.1) is 5.92 Å². The zero-order valence-corrected chi connectivity index (χ0v) is 15.2. The van der Waals surface area contributed by atoms with Crippen LogP contribution in [0.1, 0.15) is 24.2 Å². The maximum atomic E-state index is 12.0. The number of anilines is 2. The summed E-state index contributed by atoms with van der Waals surface area (Å²) in [5.74, 6) is 0.677. The summed E-state index contributed by atoms with van der Waals surface area (Å²) in [6, 6.07) is 14.0. The number of rotatable bonds is 8. The lowest BCUT2D eigenvalue weighted by molar-refractivity contribution is -0.114. The van der Waals surface area contributed by atoms with Gasteiger partial charge in [-0.2, -0.15) is 0 Å². The number of carbonyl (C=O) groups excluding carboxylic acids is 2. The summed E-state index contributed by atoms with van der Waals surface area (Å²) < 4.78 is 10.3. The fraction of sp³-hybridized carbons (Fsp3) is 0.300. The third kappa shape index (κ3) is 6.12. The molecule has 0 aliphatic rings. The number of amides is 1. The number of carbonyl (C=O) groups is 2. The molecule has 1 amide bonds. The zero-order chi connectivity index (χ0) is 18.9. The van der Waals surface area contributed by atoms with Crippen molar-refractivity contribution in [2.24, 2.45) is 5.92 Å². The highest BCUT2D eigenvalue weighted by atomic mass is 16.5. The normalized spacial score (nSPS) is 10.3. The van der Waals surface area contributed by atoms with E-state index in [1.165, 1.54) is 7.11 Å². The van der Waals surface area contributed by atoms with Gasteiger partial charge in [0.05, 0.1) is 25.8 Å². The molecule has 0 saturated carbocycles. The molecule has 6 heteroatoms. The minimum atomic E-state index is -0.393. The SMILES string of the molecule is COC(=O)c1ccc(NCC(=O)Nc2ccc(OCC(C)C)cc2)cc1. The molecule has 0 aliphatic carbocycles. The average molecular weight is 356 g/mol. The minimum absolute atomic E-state index is 0.114. The Morgan fingerprint density at radius 2 is 1.58 bits per heavy atom. The Morgan fingerprint density at radius 1 is 0.962 bits per heavy atom. The number of nitrogens with one attached hydrogen (secondary N) is 2. The molecule has 0 bridgehead atoms. The Bertz CT molecular complexity index is 724. The number of methoxy groups -OCH3 is 1. The van der Waals surface area contributed by atoms with Gasteiger partial charge in [-0.05, 0) is 54.4 Å². The second kappa shape index (κ2) is 9.46. The highest BCUT2D eigenvalue weighted by Gasteiger charge is 2.06. The Hall–Kier alpha value is -3.02. The molecule has 0 unspecified atom stereocenters. The van der Waals surface area contributed by atoms with Crippen LogP contribution in [0.2, 0.25) is 0 Å². The number of esters is 1. The Morgan fingerprint density at radius 3 is 2.15 bits per heavy atom. The molecule has 0 spiro atoms. The molecule has 0 radical (unpaired) electrons. The van der Waals surface area contributed by atoms with Gasteiger partial charge in [0, 0.05) is 11.4 Å². The van der Waals surface area contributed by atoms with Gasteiger partial charge in [-0.1, -0.05) is 13.8 Å². The van der Waals surface area contributed by atoms with Crippen LogP contribution in [-0.4, -0.2) is 32.1 Å². The van der Waals surface area contributed by atoms with Crippen LogP contribution in [-0.2, 0) is 9.53 Å². The molecule has 138 valence electrons. The first-order valence-corrected chi connectivity index (χ1v) is 8.43. The van der Waals surface area contributed by atoms with Gasteiger partial charge in [0.15, 0.2) is 0 Å². The number of hydrogen-bond donors (Lipinski definition) is 2. The van der Waals surface area contributed by atoms with Crippen molar-refractivity contribution >= 4 is 23.3 Å². The largest absolute Gasteiger partial charge is 0.493 e. The predicted molar refractivity (Wildman–Crippen MR) is 102 cm³/mol. The summed E-state index contributed by atoms with van der Waals surface area (Å²) in [5.41, 5.74) is 1.90. The second-order valence-corrected chi connectivity index (χ2v) is 6.20. The molecule has 2 N–H and O–H groups in total. The maximum Gasteiger partial charge on any atom is 0.337 e. The molecule has 0 fully saturated rings. The van der Waals surface area contributed by atoms with E-state index in [1.54, 1.807) is 36.4 Å². The van der Waals surface area contributed by atoms with E-state index in [9.17, 15) is 9.59 Å². The van der Waals surface area contributed by atoms with Crippen molar-refractivity contribution in [3.05, 3.63) is 54.1 Å². The third-order valence-electron chi connectivity index (χ3n) is 3.48. The monoisotopic (exact) mass is 356 g/mol. The molecule has 0 heterocycles. The van der Waals surface area contributed by atoms with Crippen LogP contribution in [0.4, 0.5) is 11.4 Å². The van der Waals surface area contributed by atoms with E-state index in [0.717, 1.165) is 11.4 Å². The molecule has 2 aromatic rings. The molecule has 0 aromatic heterocycles. The summed E-state index contributed by atoms with van der Waals surface area (Å²) in [5, 5.41) is 5.82. The van der Waals surface area contributed by atoms with Crippen molar-refractivity contribution in [1.82, 2.24) is 0 Å². The van der Waals surface area contributed by atoms with E-state index in [4.69, 9.17) is 4.74 Å². The smallest absolute Gasteiger partial charge is 0.337 e. The lowest BCUT2D eigenvalue weighted by Gasteiger charge is -2.10. The fourth-order valence-corrected chi connectivity index (χ4v) is 2.13. The Balaban J connectivity index is 1.80. The summed E-state index contributed by atoms with van der Waals surface area (Å²) in [6.45, 7) is 4.95. The number of ether oxygens (including phenoxy) is 2. The summed E-state index contributed by atoms with van der Waals surface area (Å²) in [4.78, 5) is 23.4. The van der Waals surface area contributed by atoms with Gasteiger partial charge in [-0.3, -0.25) is 4.79 Å². The summed E-state index contributed by atoms with van der Waals surface area (Å²) >= 11 is 0. The van der Waals surface area contributed by atoms with Crippen LogP contribution >= 0.6 is 0 Å². The van der Waals surface area contributed by atoms with Gasteiger partial charge < -0.3 is 20.1 Å². The molecule has 6 nitrogen and oxygen atoms in total. The van der Waals surface area contributed by atoms with Crippen LogP contribution in [0.25, 0.3) is 0 Å². The molecule has 26 heavy (non-hydrogen) atoms. The first-order chi connectivity index (χ1) is 12.5. The van der Waals surface area contributed by atoms with Crippen molar-refractivity contribution in [2.75, 3.05) is 30.9 Å². The fourth-order valence-electron chi connectivity index (χ4n) is 2.13. The van der Waals surface area contributed by atoms with Crippen LogP contribution in [0.15, 0.2) is 48.5 Å². The van der Waals surface area contributed by atoms with Crippen molar-refractivity contribution < 1.29 is 19.1 Å². The zero-order valence-electron chi connectivity index (χ0n) is 15.2. The van der Waals surface area contributed by atoms with Gasteiger partial charge in [0.2, 0.25) is 5.91 Å². The maximum absolute atomic E-state index is 12.0. The van der Waals surface area contributed by atoms with Crippen LogP contribution < -0.4 is 15.4 Å². The van der Waals surface area contributed by atoms with Crippen molar-refractivity contribution in [2.45, 2.75) is 13.8 Å². The molecule has 0 aliphatic heterocycles. The van der Waals surface area contributed by atoms with Crippen LogP contribution in [0.5, 0.6) is 5.75 Å². The van der Waals surface area contributed by atoms with Gasteiger partial charge in [-0.15, -0.1) is 0 Å². The third-order valence-corrected chi connectivity index (χ3v) is 3.48. The molecule has 2 aromatic carbocycles.